The van der Waals surface area contributed by atoms with Gasteiger partial charge in [0.2, 0.25) is 0 Å². The van der Waals surface area contributed by atoms with Gasteiger partial charge in [-0.15, -0.1) is 34.0 Å². The van der Waals surface area contributed by atoms with Crippen LogP contribution in [0.25, 0.3) is 19.5 Å². The number of ether oxygens (including phenoxy) is 1. The van der Waals surface area contributed by atoms with Crippen LogP contribution >= 0.6 is 34.0 Å². The van der Waals surface area contributed by atoms with E-state index >= 15 is 0 Å². The Kier molecular flexibility index (Phi) is 4.01. The molecule has 0 spiro atoms. The third kappa shape index (κ3) is 2.83. The third-order valence-corrected chi connectivity index (χ3v) is 6.38. The second kappa shape index (κ2) is 5.93. The summed E-state index contributed by atoms with van der Waals surface area (Å²) in [5.41, 5.74) is 0. The molecule has 0 N–H and O–H groups in total. The van der Waals surface area contributed by atoms with Crippen molar-refractivity contribution in [2.75, 3.05) is 7.11 Å². The van der Waals surface area contributed by atoms with E-state index in [2.05, 4.69) is 0 Å². The predicted molar refractivity (Wildman–Crippen MR) is 87.7 cm³/mol. The standard InChI is InChI=1S/C15H10O3S3/c1-18-15(17)14-7-6-13(21-14)12-5-4-11(20-12)10-3-2-9(8-16)19-10/h2-8H,1H3. The second-order valence-corrected chi connectivity index (χ2v) is 7.42. The van der Waals surface area contributed by atoms with Crippen molar-refractivity contribution in [1.82, 2.24) is 0 Å². The number of rotatable bonds is 4. The van der Waals surface area contributed by atoms with E-state index in [9.17, 15) is 9.59 Å². The first-order valence-corrected chi connectivity index (χ1v) is 8.50. The maximum absolute atomic E-state index is 11.5. The maximum atomic E-state index is 11.5. The number of hydrogen-bond acceptors (Lipinski definition) is 6. The maximum Gasteiger partial charge on any atom is 0.348 e. The van der Waals surface area contributed by atoms with Gasteiger partial charge in [-0.05, 0) is 36.4 Å². The van der Waals surface area contributed by atoms with Crippen LogP contribution < -0.4 is 0 Å². The van der Waals surface area contributed by atoms with E-state index in [4.69, 9.17) is 4.74 Å². The van der Waals surface area contributed by atoms with Gasteiger partial charge in [-0.1, -0.05) is 0 Å². The van der Waals surface area contributed by atoms with Gasteiger partial charge in [-0.25, -0.2) is 4.79 Å². The van der Waals surface area contributed by atoms with Crippen LogP contribution in [-0.4, -0.2) is 19.4 Å². The molecule has 6 heteroatoms. The minimum Gasteiger partial charge on any atom is -0.465 e. The minimum atomic E-state index is -0.308. The highest BCUT2D eigenvalue weighted by Gasteiger charge is 2.12. The molecule has 0 aliphatic heterocycles. The Morgan fingerprint density at radius 3 is 2.10 bits per heavy atom. The molecule has 0 aliphatic carbocycles. The summed E-state index contributed by atoms with van der Waals surface area (Å²) >= 11 is 4.55. The van der Waals surface area contributed by atoms with Gasteiger partial charge in [-0.3, -0.25) is 4.79 Å². The van der Waals surface area contributed by atoms with Gasteiger partial charge in [0.25, 0.3) is 0 Å². The van der Waals surface area contributed by atoms with Crippen LogP contribution in [0, 0.1) is 0 Å². The highest BCUT2D eigenvalue weighted by Crippen LogP contribution is 2.39. The Morgan fingerprint density at radius 1 is 0.905 bits per heavy atom. The molecule has 0 bridgehead atoms. The average molecular weight is 334 g/mol. The first kappa shape index (κ1) is 14.2. The van der Waals surface area contributed by atoms with E-state index in [1.165, 1.54) is 29.8 Å². The van der Waals surface area contributed by atoms with Gasteiger partial charge in [0.15, 0.2) is 6.29 Å². The molecule has 21 heavy (non-hydrogen) atoms. The van der Waals surface area contributed by atoms with E-state index in [1.807, 2.05) is 30.3 Å². The number of esters is 1. The van der Waals surface area contributed by atoms with Crippen molar-refractivity contribution in [2.45, 2.75) is 0 Å². The summed E-state index contributed by atoms with van der Waals surface area (Å²) in [4.78, 5) is 27.9. The van der Waals surface area contributed by atoms with Crippen molar-refractivity contribution in [3.05, 3.63) is 46.2 Å². The van der Waals surface area contributed by atoms with Crippen molar-refractivity contribution in [3.8, 4) is 19.5 Å². The zero-order valence-electron chi connectivity index (χ0n) is 11.0. The highest BCUT2D eigenvalue weighted by molar-refractivity contribution is 7.27. The van der Waals surface area contributed by atoms with Crippen molar-refractivity contribution in [2.24, 2.45) is 0 Å². The molecule has 0 radical (unpaired) electrons. The zero-order chi connectivity index (χ0) is 14.8. The SMILES string of the molecule is COC(=O)c1ccc(-c2ccc(-c3ccc(C=O)s3)s2)s1. The first-order valence-electron chi connectivity index (χ1n) is 6.05. The number of carbonyl (C=O) groups is 2. The number of thiophene rings is 3. The van der Waals surface area contributed by atoms with Gasteiger partial charge in [0.05, 0.1) is 12.0 Å². The Labute approximate surface area is 133 Å². The molecular weight excluding hydrogens is 324 g/mol. The molecule has 0 fully saturated rings. The molecule has 106 valence electrons. The fourth-order valence-corrected chi connectivity index (χ4v) is 4.77. The van der Waals surface area contributed by atoms with Crippen LogP contribution in [0.1, 0.15) is 19.3 Å². The van der Waals surface area contributed by atoms with E-state index in [0.29, 0.717) is 4.88 Å². The van der Waals surface area contributed by atoms with Gasteiger partial charge in [0.1, 0.15) is 4.88 Å². The molecule has 0 saturated heterocycles. The monoisotopic (exact) mass is 334 g/mol. The molecule has 0 atom stereocenters. The Hall–Kier alpha value is -1.76. The molecule has 3 aromatic rings. The largest absolute Gasteiger partial charge is 0.465 e. The lowest BCUT2D eigenvalue weighted by molar-refractivity contribution is 0.0606. The molecule has 3 heterocycles. The van der Waals surface area contributed by atoms with Crippen LogP contribution in [0.15, 0.2) is 36.4 Å². The number of hydrogen-bond donors (Lipinski definition) is 0. The quantitative estimate of drug-likeness (QED) is 0.508. The molecular formula is C15H10O3S3. The van der Waals surface area contributed by atoms with E-state index < -0.39 is 0 Å². The summed E-state index contributed by atoms with van der Waals surface area (Å²) in [5, 5.41) is 0. The fraction of sp³-hybridized carbons (Fsp3) is 0.0667. The molecule has 3 nitrogen and oxygen atoms in total. The van der Waals surface area contributed by atoms with Crippen molar-refractivity contribution >= 4 is 46.3 Å². The number of methoxy groups -OCH3 is 1. The predicted octanol–water partition coefficient (Wildman–Crippen LogP) is 4.80. The smallest absolute Gasteiger partial charge is 0.348 e. The van der Waals surface area contributed by atoms with Gasteiger partial charge in [0, 0.05) is 19.5 Å². The topological polar surface area (TPSA) is 43.4 Å². The molecule has 0 amide bonds. The molecule has 3 aromatic heterocycles. The Balaban J connectivity index is 1.89. The highest BCUT2D eigenvalue weighted by atomic mass is 32.1. The molecule has 0 unspecified atom stereocenters. The molecule has 0 aromatic carbocycles. The fourth-order valence-electron chi connectivity index (χ4n) is 1.83. The Morgan fingerprint density at radius 2 is 1.48 bits per heavy atom. The summed E-state index contributed by atoms with van der Waals surface area (Å²) in [5.74, 6) is -0.308. The number of carbonyl (C=O) groups excluding carboxylic acids is 2. The van der Waals surface area contributed by atoms with Gasteiger partial charge in [-0.2, -0.15) is 0 Å². The lowest BCUT2D eigenvalue weighted by Gasteiger charge is -1.92. The first-order chi connectivity index (χ1) is 10.2. The average Bonchev–Trinajstić information content (AvgIpc) is 3.22. The van der Waals surface area contributed by atoms with E-state index in [-0.39, 0.29) is 5.97 Å². The second-order valence-electron chi connectivity index (χ2n) is 4.14. The van der Waals surface area contributed by atoms with Crippen molar-refractivity contribution < 1.29 is 14.3 Å². The summed E-state index contributed by atoms with van der Waals surface area (Å²) in [6, 6.07) is 11.6. The number of aldehydes is 1. The lowest BCUT2D eigenvalue weighted by atomic mass is 10.3. The summed E-state index contributed by atoms with van der Waals surface area (Å²) in [7, 11) is 1.38. The van der Waals surface area contributed by atoms with Crippen LogP contribution in [0.4, 0.5) is 0 Å². The minimum absolute atomic E-state index is 0.308. The van der Waals surface area contributed by atoms with Crippen LogP contribution in [-0.2, 0) is 4.74 Å². The molecule has 3 rings (SSSR count). The summed E-state index contributed by atoms with van der Waals surface area (Å²) < 4.78 is 4.72. The lowest BCUT2D eigenvalue weighted by Crippen LogP contribution is -1.96. The molecule has 0 saturated carbocycles. The van der Waals surface area contributed by atoms with Crippen molar-refractivity contribution in [3.63, 3.8) is 0 Å². The van der Waals surface area contributed by atoms with E-state index in [0.717, 1.165) is 30.7 Å². The van der Waals surface area contributed by atoms with E-state index in [1.54, 1.807) is 17.4 Å². The Bertz CT molecular complexity index is 795. The molecule has 0 aliphatic rings. The normalized spacial score (nSPS) is 10.5. The zero-order valence-corrected chi connectivity index (χ0v) is 13.4. The van der Waals surface area contributed by atoms with Crippen LogP contribution in [0.3, 0.4) is 0 Å². The van der Waals surface area contributed by atoms with Crippen molar-refractivity contribution in [1.29, 1.82) is 0 Å². The van der Waals surface area contributed by atoms with Crippen LogP contribution in [0.5, 0.6) is 0 Å². The van der Waals surface area contributed by atoms with Gasteiger partial charge >= 0.3 is 5.97 Å². The summed E-state index contributed by atoms with van der Waals surface area (Å²) in [6.07, 6.45) is 0.866. The third-order valence-electron chi connectivity index (χ3n) is 2.83. The summed E-state index contributed by atoms with van der Waals surface area (Å²) in [6.45, 7) is 0. The van der Waals surface area contributed by atoms with Crippen LogP contribution in [0.2, 0.25) is 0 Å². The van der Waals surface area contributed by atoms with Gasteiger partial charge < -0.3 is 4.74 Å².